The number of furan rings is 1. The van der Waals surface area contributed by atoms with Gasteiger partial charge in [0, 0.05) is 10.9 Å². The van der Waals surface area contributed by atoms with Gasteiger partial charge in [-0.2, -0.15) is 0 Å². The lowest BCUT2D eigenvalue weighted by Crippen LogP contribution is -2.01. The van der Waals surface area contributed by atoms with Crippen LogP contribution in [0.1, 0.15) is 21.7 Å². The number of fused-ring (bicyclic) bond motifs is 1. The first-order chi connectivity index (χ1) is 13.6. The number of amides is 1. The second-order valence-corrected chi connectivity index (χ2v) is 6.26. The fraction of sp³-hybridized carbons (Fsp3) is 0.0952. The number of halogens is 1. The van der Waals surface area contributed by atoms with Crippen LogP contribution in [0, 0.1) is 12.7 Å². The largest absolute Gasteiger partial charge is 0.493 e. The summed E-state index contributed by atoms with van der Waals surface area (Å²) in [7, 11) is 0. The average molecular weight is 377 g/mol. The molecule has 2 heterocycles. The second kappa shape index (κ2) is 7.11. The molecule has 2 aromatic heterocycles. The van der Waals surface area contributed by atoms with Crippen molar-refractivity contribution in [2.45, 2.75) is 13.5 Å². The number of azo groups is 1. The van der Waals surface area contributed by atoms with Gasteiger partial charge in [0.1, 0.15) is 11.6 Å². The maximum atomic E-state index is 14.1. The van der Waals surface area contributed by atoms with Crippen LogP contribution in [-0.4, -0.2) is 15.6 Å². The minimum atomic E-state index is -0.573. The summed E-state index contributed by atoms with van der Waals surface area (Å²) in [6, 6.07) is 15.0. The lowest BCUT2D eigenvalue weighted by atomic mass is 10.2. The quantitative estimate of drug-likeness (QED) is 0.486. The van der Waals surface area contributed by atoms with Crippen LogP contribution >= 0.6 is 0 Å². The molecule has 7 heteroatoms. The third-order valence-electron chi connectivity index (χ3n) is 4.53. The van der Waals surface area contributed by atoms with E-state index in [4.69, 9.17) is 4.42 Å². The second-order valence-electron chi connectivity index (χ2n) is 6.26. The van der Waals surface area contributed by atoms with Gasteiger partial charge in [-0.15, -0.1) is 10.2 Å². The number of aromatic nitrogens is 1. The molecule has 0 radical (unpaired) electrons. The van der Waals surface area contributed by atoms with E-state index in [0.29, 0.717) is 27.8 Å². The molecule has 0 aliphatic carbocycles. The van der Waals surface area contributed by atoms with E-state index >= 15 is 0 Å². The van der Waals surface area contributed by atoms with Gasteiger partial charge in [0.25, 0.3) is 5.91 Å². The molecule has 4 aromatic rings. The molecule has 0 bridgehead atoms. The number of hydrogen-bond acceptors (Lipinski definition) is 4. The first kappa shape index (κ1) is 17.7. The zero-order chi connectivity index (χ0) is 19.7. The number of rotatable bonds is 4. The van der Waals surface area contributed by atoms with Crippen LogP contribution in [0.5, 0.6) is 5.88 Å². The standard InChI is InChI=1S/C21H16FN3O3/c1-13-15(10-11-28-13)20(26)24-23-19-16-7-3-5-9-18(16)25(21(19)27)12-14-6-2-4-8-17(14)22/h2-11,27H,12H2,1H3. The van der Waals surface area contributed by atoms with Crippen molar-refractivity contribution >= 4 is 22.5 Å². The van der Waals surface area contributed by atoms with Crippen LogP contribution < -0.4 is 0 Å². The fourth-order valence-corrected chi connectivity index (χ4v) is 3.08. The van der Waals surface area contributed by atoms with Gasteiger partial charge in [-0.3, -0.25) is 4.79 Å². The van der Waals surface area contributed by atoms with Crippen molar-refractivity contribution in [3.05, 3.63) is 83.6 Å². The van der Waals surface area contributed by atoms with Crippen molar-refractivity contribution in [2.75, 3.05) is 0 Å². The Morgan fingerprint density at radius 2 is 1.89 bits per heavy atom. The predicted molar refractivity (Wildman–Crippen MR) is 101 cm³/mol. The number of carbonyl (C=O) groups is 1. The van der Waals surface area contributed by atoms with Crippen LogP contribution in [0.3, 0.4) is 0 Å². The molecular weight excluding hydrogens is 361 g/mol. The molecule has 2 aromatic carbocycles. The summed E-state index contributed by atoms with van der Waals surface area (Å²) < 4.78 is 20.7. The Balaban J connectivity index is 1.76. The molecule has 0 aliphatic heterocycles. The number of carbonyl (C=O) groups excluding carboxylic acids is 1. The lowest BCUT2D eigenvalue weighted by Gasteiger charge is -2.08. The topological polar surface area (TPSA) is 80.1 Å². The molecular formula is C21H16FN3O3. The summed E-state index contributed by atoms with van der Waals surface area (Å²) in [6.45, 7) is 1.77. The molecule has 140 valence electrons. The molecule has 1 N–H and O–H groups in total. The number of para-hydroxylation sites is 1. The summed E-state index contributed by atoms with van der Waals surface area (Å²) in [5.74, 6) is -0.690. The van der Waals surface area contributed by atoms with Crippen molar-refractivity contribution in [3.8, 4) is 5.88 Å². The summed E-state index contributed by atoms with van der Waals surface area (Å²) in [4.78, 5) is 12.2. The molecule has 0 saturated carbocycles. The molecule has 0 fully saturated rings. The Hall–Kier alpha value is -3.74. The van der Waals surface area contributed by atoms with Gasteiger partial charge in [-0.1, -0.05) is 36.4 Å². The Bertz CT molecular complexity index is 1210. The fourth-order valence-electron chi connectivity index (χ4n) is 3.08. The third kappa shape index (κ3) is 3.07. The molecule has 0 saturated heterocycles. The highest BCUT2D eigenvalue weighted by molar-refractivity contribution is 5.97. The van der Waals surface area contributed by atoms with Crippen LogP contribution in [-0.2, 0) is 6.54 Å². The lowest BCUT2D eigenvalue weighted by molar-refractivity contribution is 0.0993. The zero-order valence-corrected chi connectivity index (χ0v) is 15.0. The first-order valence-corrected chi connectivity index (χ1v) is 8.60. The third-order valence-corrected chi connectivity index (χ3v) is 4.53. The van der Waals surface area contributed by atoms with Crippen molar-refractivity contribution in [3.63, 3.8) is 0 Å². The van der Waals surface area contributed by atoms with Gasteiger partial charge < -0.3 is 14.1 Å². The van der Waals surface area contributed by atoms with E-state index in [1.54, 1.807) is 49.4 Å². The van der Waals surface area contributed by atoms with Gasteiger partial charge in [-0.25, -0.2) is 4.39 Å². The number of hydrogen-bond donors (Lipinski definition) is 1. The Morgan fingerprint density at radius 1 is 1.14 bits per heavy atom. The zero-order valence-electron chi connectivity index (χ0n) is 15.0. The highest BCUT2D eigenvalue weighted by atomic mass is 19.1. The summed E-state index contributed by atoms with van der Waals surface area (Å²) >= 11 is 0. The van der Waals surface area contributed by atoms with E-state index in [1.165, 1.54) is 23.0 Å². The average Bonchev–Trinajstić information content (AvgIpc) is 3.24. The molecule has 0 atom stereocenters. The van der Waals surface area contributed by atoms with Crippen LogP contribution in [0.25, 0.3) is 10.9 Å². The number of aryl methyl sites for hydroxylation is 1. The number of aromatic hydroxyl groups is 1. The monoisotopic (exact) mass is 377 g/mol. The number of nitrogens with zero attached hydrogens (tertiary/aromatic N) is 3. The predicted octanol–water partition coefficient (Wildman–Crippen LogP) is 5.36. The minimum absolute atomic E-state index is 0.114. The minimum Gasteiger partial charge on any atom is -0.493 e. The Morgan fingerprint density at radius 3 is 2.64 bits per heavy atom. The Labute approximate surface area is 159 Å². The summed E-state index contributed by atoms with van der Waals surface area (Å²) in [5, 5.41) is 19.0. The van der Waals surface area contributed by atoms with E-state index in [0.717, 1.165) is 0 Å². The van der Waals surface area contributed by atoms with E-state index in [1.807, 2.05) is 0 Å². The van der Waals surface area contributed by atoms with Crippen molar-refractivity contribution in [1.29, 1.82) is 0 Å². The van der Waals surface area contributed by atoms with Crippen LogP contribution in [0.15, 0.2) is 75.5 Å². The normalized spacial score (nSPS) is 11.5. The highest BCUT2D eigenvalue weighted by Gasteiger charge is 2.18. The first-order valence-electron chi connectivity index (χ1n) is 8.60. The van der Waals surface area contributed by atoms with Crippen molar-refractivity contribution < 1.29 is 18.7 Å². The molecule has 4 rings (SSSR count). The summed E-state index contributed by atoms with van der Waals surface area (Å²) in [5.41, 5.74) is 1.54. The van der Waals surface area contributed by atoms with Gasteiger partial charge in [0.2, 0.25) is 5.88 Å². The van der Waals surface area contributed by atoms with Gasteiger partial charge in [0.05, 0.1) is 23.9 Å². The maximum Gasteiger partial charge on any atom is 0.298 e. The van der Waals surface area contributed by atoms with Crippen LogP contribution in [0.4, 0.5) is 10.1 Å². The van der Waals surface area contributed by atoms with Gasteiger partial charge in [0.15, 0.2) is 5.69 Å². The van der Waals surface area contributed by atoms with Crippen LogP contribution in [0.2, 0.25) is 0 Å². The molecule has 0 unspecified atom stereocenters. The van der Waals surface area contributed by atoms with Crippen molar-refractivity contribution in [1.82, 2.24) is 4.57 Å². The molecule has 1 amide bonds. The highest BCUT2D eigenvalue weighted by Crippen LogP contribution is 2.39. The molecule has 28 heavy (non-hydrogen) atoms. The van der Waals surface area contributed by atoms with E-state index in [9.17, 15) is 14.3 Å². The van der Waals surface area contributed by atoms with E-state index in [2.05, 4.69) is 10.2 Å². The summed E-state index contributed by atoms with van der Waals surface area (Å²) in [6.07, 6.45) is 1.40. The number of benzene rings is 2. The SMILES string of the molecule is Cc1occc1C(=O)N=Nc1c(O)n(Cc2ccccc2F)c2ccccc12. The molecule has 0 aliphatic rings. The van der Waals surface area contributed by atoms with E-state index in [-0.39, 0.29) is 23.9 Å². The van der Waals surface area contributed by atoms with Gasteiger partial charge >= 0.3 is 0 Å². The van der Waals surface area contributed by atoms with Gasteiger partial charge in [-0.05, 0) is 25.1 Å². The molecule has 0 spiro atoms. The van der Waals surface area contributed by atoms with E-state index < -0.39 is 5.91 Å². The smallest absolute Gasteiger partial charge is 0.298 e. The maximum absolute atomic E-state index is 14.1. The van der Waals surface area contributed by atoms with Crippen molar-refractivity contribution in [2.24, 2.45) is 10.2 Å². The molecule has 6 nitrogen and oxygen atoms in total. The Kier molecular flexibility index (Phi) is 4.49.